The molecule has 14 nitrogen and oxygen atoms in total. The van der Waals surface area contributed by atoms with E-state index < -0.39 is 29.2 Å². The molecule has 0 saturated carbocycles. The molecule has 0 atom stereocenters. The van der Waals surface area contributed by atoms with Crippen LogP contribution in [0.5, 0.6) is 40.2 Å². The van der Waals surface area contributed by atoms with Crippen LogP contribution >= 0.6 is 0 Å². The molecule has 12 aromatic carbocycles. The van der Waals surface area contributed by atoms with Gasteiger partial charge in [-0.25, -0.2) is 13.2 Å². The highest BCUT2D eigenvalue weighted by Gasteiger charge is 2.25. The molecule has 488 valence electrons. The lowest BCUT2D eigenvalue weighted by atomic mass is 10.0. The first-order valence-corrected chi connectivity index (χ1v) is 30.3. The van der Waals surface area contributed by atoms with Crippen LogP contribution < -0.4 is 19.6 Å². The molecule has 0 aliphatic heterocycles. The van der Waals surface area contributed by atoms with Crippen LogP contribution in [0.2, 0.25) is 0 Å². The van der Waals surface area contributed by atoms with Gasteiger partial charge >= 0.3 is 0 Å². The van der Waals surface area contributed by atoms with Crippen molar-refractivity contribution in [2.24, 2.45) is 0 Å². The van der Waals surface area contributed by atoms with Gasteiger partial charge < -0.3 is 40.6 Å². The summed E-state index contributed by atoms with van der Waals surface area (Å²) in [5, 5.41) is 66.3. The van der Waals surface area contributed by atoms with E-state index in [1.165, 1.54) is 76.0 Å². The highest BCUT2D eigenvalue weighted by atomic mass is 19.1. The molecule has 0 aromatic heterocycles. The van der Waals surface area contributed by atoms with Crippen LogP contribution in [0.4, 0.5) is 58.7 Å². The summed E-state index contributed by atoms with van der Waals surface area (Å²) >= 11 is 0. The predicted molar refractivity (Wildman–Crippen MR) is 373 cm³/mol. The number of aryl methyl sites for hydroxylation is 3. The van der Waals surface area contributed by atoms with Gasteiger partial charge in [0.1, 0.15) is 46.1 Å². The number of anilines is 8. The van der Waals surface area contributed by atoms with E-state index >= 15 is 0 Å². The average Bonchev–Trinajstić information content (AvgIpc) is 0.829. The van der Waals surface area contributed by atoms with E-state index in [1.807, 2.05) is 44.2 Å². The van der Waals surface area contributed by atoms with E-state index in [2.05, 4.69) is 36.1 Å². The van der Waals surface area contributed by atoms with Gasteiger partial charge in [0.2, 0.25) is 0 Å². The van der Waals surface area contributed by atoms with E-state index in [4.69, 9.17) is 0 Å². The fraction of sp³-hybridized carbons (Fsp3) is 0.0625. The van der Waals surface area contributed by atoms with Crippen LogP contribution in [0, 0.1) is 45.1 Å². The fourth-order valence-corrected chi connectivity index (χ4v) is 9.92. The van der Waals surface area contributed by atoms with Crippen LogP contribution in [-0.4, -0.2) is 53.5 Å². The lowest BCUT2D eigenvalue weighted by molar-refractivity contribution is 0.0990. The number of amides is 3. The first kappa shape index (κ1) is 68.6. The number of para-hydroxylation sites is 1. The Morgan fingerprint density at radius 1 is 0.320 bits per heavy atom. The number of hydrogen-bond donors (Lipinski definition) is 7. The molecule has 0 aliphatic rings. The summed E-state index contributed by atoms with van der Waals surface area (Å²) in [6.07, 6.45) is 0. The lowest BCUT2D eigenvalue weighted by Gasteiger charge is -2.25. The maximum atomic E-state index is 13.9. The molecule has 0 bridgehead atoms. The third kappa shape index (κ3) is 17.9. The second-order valence-corrected chi connectivity index (χ2v) is 22.3. The smallest absolute Gasteiger partial charge is 0.263 e. The van der Waals surface area contributed by atoms with Crippen molar-refractivity contribution < 1.29 is 63.3 Å². The van der Waals surface area contributed by atoms with Crippen molar-refractivity contribution in [3.05, 3.63) is 341 Å². The molecule has 0 fully saturated rings. The summed E-state index contributed by atoms with van der Waals surface area (Å²) in [4.78, 5) is 45.7. The van der Waals surface area contributed by atoms with Crippen molar-refractivity contribution in [1.29, 1.82) is 0 Å². The molecule has 0 spiro atoms. The van der Waals surface area contributed by atoms with Gasteiger partial charge in [0.15, 0.2) is 11.6 Å². The van der Waals surface area contributed by atoms with Crippen molar-refractivity contribution in [3.8, 4) is 40.2 Å². The molecule has 0 unspecified atom stereocenters. The highest BCUT2D eigenvalue weighted by Crippen LogP contribution is 2.35. The quantitative estimate of drug-likeness (QED) is 0.0578. The minimum atomic E-state index is -0.862. The first-order valence-electron chi connectivity index (χ1n) is 30.3. The van der Waals surface area contributed by atoms with E-state index in [1.54, 1.807) is 163 Å². The first-order chi connectivity index (χ1) is 46.6. The lowest BCUT2D eigenvalue weighted by Crippen LogP contribution is -2.26. The third-order valence-electron chi connectivity index (χ3n) is 15.4. The summed E-state index contributed by atoms with van der Waals surface area (Å²) in [7, 11) is 0. The van der Waals surface area contributed by atoms with E-state index in [0.717, 1.165) is 40.2 Å². The Morgan fingerprint density at radius 2 is 0.670 bits per heavy atom. The number of nitrogens with zero attached hydrogens (tertiary/aromatic N) is 4. The second-order valence-electron chi connectivity index (χ2n) is 22.3. The molecule has 97 heavy (non-hydrogen) atoms. The fourth-order valence-electron chi connectivity index (χ4n) is 9.92. The monoisotopic (exact) mass is 1300 g/mol. The summed E-state index contributed by atoms with van der Waals surface area (Å²) in [5.41, 5.74) is 11.0. The van der Waals surface area contributed by atoms with E-state index in [9.17, 15) is 63.3 Å². The van der Waals surface area contributed by atoms with Gasteiger partial charge in [-0.05, 0) is 268 Å². The molecular weight excluding hydrogens is 1230 g/mol. The Kier molecular flexibility index (Phi) is 22.4. The van der Waals surface area contributed by atoms with Gasteiger partial charge in [0, 0.05) is 68.7 Å². The summed E-state index contributed by atoms with van der Waals surface area (Å²) in [6.45, 7) is 8.24. The van der Waals surface area contributed by atoms with E-state index in [-0.39, 0.29) is 57.3 Å². The Hall–Kier alpha value is -12.8. The number of phenols is 7. The number of rotatable bonds is 13. The standard InChI is InChI=1S/C21H19NO3.C20H16FNO3.C20H18FNO.C19H14FNO3/c1-14-4-3-5-20(15(14)2)21(25)22(16-6-10-18(23)11-7-16)17-8-12-19(24)13-9-17;1-13-2-3-14(12-19(13)21)20(25)22(15-4-8-17(23)9-5-15)16-6-10-18(24)11-7-16;1-15-2-4-16(5-3-15)14-22(18-8-6-17(21)7-9-18)19-10-12-20(23)13-11-19;20-17-12-13(6-11-18(17)23)19(24)21(14-4-2-1-3-5-14)15-7-9-16(22)10-8-15/h3-13,23-24H,1-2H3;2-12,23-24H,1H3;2-13,23H,14H2,1H3;1-12,22-23H. The van der Waals surface area contributed by atoms with Crippen molar-refractivity contribution in [1.82, 2.24) is 0 Å². The predicted octanol–water partition coefficient (Wildman–Crippen LogP) is 18.6. The van der Waals surface area contributed by atoms with Crippen molar-refractivity contribution in [2.75, 3.05) is 19.6 Å². The SMILES string of the molecule is Cc1ccc(C(=O)N(c2ccc(O)cc2)c2ccc(O)cc2)cc1F.Cc1ccc(CN(c2ccc(O)cc2)c2ccc(F)cc2)cc1.Cc1cccc(C(=O)N(c2ccc(O)cc2)c2ccc(O)cc2)c1C.O=C(c1ccc(O)c(F)c1)N(c1ccccc1)c1ccc(O)cc1. The number of benzene rings is 12. The minimum absolute atomic E-state index is 0.0724. The van der Waals surface area contributed by atoms with E-state index in [0.29, 0.717) is 51.8 Å². The number of carbonyl (C=O) groups is 3. The zero-order chi connectivity index (χ0) is 69.3. The van der Waals surface area contributed by atoms with Gasteiger partial charge in [-0.15, -0.1) is 0 Å². The number of aromatic hydroxyl groups is 7. The maximum absolute atomic E-state index is 13.9. The van der Waals surface area contributed by atoms with Crippen LogP contribution in [0.3, 0.4) is 0 Å². The molecule has 7 N–H and O–H groups in total. The Bertz CT molecular complexity index is 4490. The normalized spacial score (nSPS) is 10.5. The van der Waals surface area contributed by atoms with Gasteiger partial charge in [0.25, 0.3) is 17.7 Å². The zero-order valence-corrected chi connectivity index (χ0v) is 53.0. The van der Waals surface area contributed by atoms with Crippen molar-refractivity contribution in [3.63, 3.8) is 0 Å². The van der Waals surface area contributed by atoms with Crippen LogP contribution in [-0.2, 0) is 6.54 Å². The second kappa shape index (κ2) is 31.7. The van der Waals surface area contributed by atoms with Gasteiger partial charge in [-0.1, -0.05) is 66.2 Å². The van der Waals surface area contributed by atoms with Crippen LogP contribution in [0.1, 0.15) is 58.9 Å². The number of phenolic OH excluding ortho intramolecular Hbond substituents is 7. The Balaban J connectivity index is 0.000000152. The molecule has 12 rings (SSSR count). The molecule has 0 saturated heterocycles. The largest absolute Gasteiger partial charge is 0.508 e. The van der Waals surface area contributed by atoms with Gasteiger partial charge in [-0.2, -0.15) is 0 Å². The summed E-state index contributed by atoms with van der Waals surface area (Å²) in [6, 6.07) is 75.4. The third-order valence-corrected chi connectivity index (χ3v) is 15.4. The Labute approximate surface area is 559 Å². The molecule has 3 amide bonds. The molecule has 17 heteroatoms. The topological polar surface area (TPSA) is 206 Å². The zero-order valence-electron chi connectivity index (χ0n) is 53.0. The van der Waals surface area contributed by atoms with Crippen molar-refractivity contribution >= 4 is 63.2 Å². The molecular formula is C80H67F3N4O10. The summed E-state index contributed by atoms with van der Waals surface area (Å²) < 4.78 is 40.7. The number of halogens is 3. The average molecular weight is 1300 g/mol. The number of hydrogen-bond acceptors (Lipinski definition) is 11. The van der Waals surface area contributed by atoms with Crippen molar-refractivity contribution in [2.45, 2.75) is 34.2 Å². The van der Waals surface area contributed by atoms with Gasteiger partial charge in [-0.3, -0.25) is 29.1 Å². The van der Waals surface area contributed by atoms with Gasteiger partial charge in [0.05, 0.1) is 0 Å². The maximum Gasteiger partial charge on any atom is 0.263 e. The Morgan fingerprint density at radius 3 is 1.06 bits per heavy atom. The minimum Gasteiger partial charge on any atom is -0.508 e. The molecule has 0 aliphatic carbocycles. The summed E-state index contributed by atoms with van der Waals surface area (Å²) in [5.74, 6) is -2.41. The van der Waals surface area contributed by atoms with Crippen LogP contribution in [0.15, 0.2) is 279 Å². The van der Waals surface area contributed by atoms with Crippen LogP contribution in [0.25, 0.3) is 0 Å². The molecule has 12 aromatic rings. The highest BCUT2D eigenvalue weighted by molar-refractivity contribution is 6.13. The molecule has 0 heterocycles. The number of carbonyl (C=O) groups excluding carboxylic acids is 3. The molecule has 0 radical (unpaired) electrons.